The van der Waals surface area contributed by atoms with E-state index in [9.17, 15) is 4.79 Å². The van der Waals surface area contributed by atoms with Crippen molar-refractivity contribution in [3.63, 3.8) is 0 Å². The van der Waals surface area contributed by atoms with Crippen LogP contribution in [0.3, 0.4) is 0 Å². The summed E-state index contributed by atoms with van der Waals surface area (Å²) < 4.78 is 21.6. The summed E-state index contributed by atoms with van der Waals surface area (Å²) in [4.78, 5) is 15.1. The van der Waals surface area contributed by atoms with Gasteiger partial charge >= 0.3 is 0 Å². The van der Waals surface area contributed by atoms with Crippen LogP contribution >= 0.6 is 0 Å². The molecule has 188 valence electrons. The lowest BCUT2D eigenvalue weighted by atomic mass is 9.98. The van der Waals surface area contributed by atoms with Gasteiger partial charge in [-0.3, -0.25) is 9.69 Å². The number of rotatable bonds is 10. The van der Waals surface area contributed by atoms with Crippen LogP contribution in [-0.4, -0.2) is 58.9 Å². The normalized spacial score (nSPS) is 12.7. The van der Waals surface area contributed by atoms with Crippen molar-refractivity contribution >= 4 is 5.91 Å². The highest BCUT2D eigenvalue weighted by Gasteiger charge is 2.20. The molecule has 1 N–H and O–H groups in total. The molecular formula is C27H40N2O5. The summed E-state index contributed by atoms with van der Waals surface area (Å²) in [6.45, 7) is 9.47. The third-order valence-corrected chi connectivity index (χ3v) is 5.85. The van der Waals surface area contributed by atoms with Crippen molar-refractivity contribution < 1.29 is 23.7 Å². The highest BCUT2D eigenvalue weighted by Crippen LogP contribution is 2.34. The van der Waals surface area contributed by atoms with Crippen molar-refractivity contribution in [2.75, 3.05) is 48.1 Å². The highest BCUT2D eigenvalue weighted by atomic mass is 16.5. The first-order valence-electron chi connectivity index (χ1n) is 12.0. The smallest absolute Gasteiger partial charge is 0.255 e. The second-order valence-electron chi connectivity index (χ2n) is 8.01. The number of nitrogens with one attached hydrogen (secondary N) is 1. The highest BCUT2D eigenvalue weighted by molar-refractivity contribution is 5.98. The Morgan fingerprint density at radius 1 is 0.882 bits per heavy atom. The summed E-state index contributed by atoms with van der Waals surface area (Å²) in [5.74, 6) is 2.46. The fourth-order valence-electron chi connectivity index (χ4n) is 4.16. The van der Waals surface area contributed by atoms with Crippen LogP contribution < -0.4 is 24.3 Å². The molecule has 7 heteroatoms. The first kappa shape index (κ1) is 27.3. The number of hydrogen-bond donors (Lipinski definition) is 1. The minimum Gasteiger partial charge on any atom is -0.493 e. The summed E-state index contributed by atoms with van der Waals surface area (Å²) >= 11 is 0. The van der Waals surface area contributed by atoms with Crippen molar-refractivity contribution in [1.29, 1.82) is 0 Å². The molecule has 0 aromatic heterocycles. The number of hydrogen-bond acceptors (Lipinski definition) is 6. The van der Waals surface area contributed by atoms with Crippen LogP contribution in [0.5, 0.6) is 23.0 Å². The van der Waals surface area contributed by atoms with Crippen LogP contribution in [0.25, 0.3) is 0 Å². The van der Waals surface area contributed by atoms with Crippen molar-refractivity contribution in [2.24, 2.45) is 0 Å². The molecule has 0 atom stereocenters. The Morgan fingerprint density at radius 3 is 2.15 bits per heavy atom. The van der Waals surface area contributed by atoms with Gasteiger partial charge < -0.3 is 24.3 Å². The van der Waals surface area contributed by atoms with Crippen LogP contribution in [0.1, 0.15) is 53.7 Å². The zero-order chi connectivity index (χ0) is 25.1. The number of methoxy groups -OCH3 is 4. The first-order valence-corrected chi connectivity index (χ1v) is 12.0. The molecule has 0 saturated heterocycles. The predicted molar refractivity (Wildman–Crippen MR) is 136 cm³/mol. The summed E-state index contributed by atoms with van der Waals surface area (Å²) in [7, 11) is 6.46. The number of unbranched alkanes of at least 4 members (excludes halogenated alkanes) is 1. The predicted octanol–water partition coefficient (Wildman–Crippen LogP) is 4.62. The Bertz CT molecular complexity index is 945. The molecule has 7 nitrogen and oxygen atoms in total. The number of nitrogens with zero attached hydrogens (tertiary/aromatic N) is 1. The Hall–Kier alpha value is -2.93. The summed E-state index contributed by atoms with van der Waals surface area (Å²) in [6, 6.07) is 7.86. The maximum atomic E-state index is 12.7. The lowest BCUT2D eigenvalue weighted by molar-refractivity contribution is 0.0948. The van der Waals surface area contributed by atoms with Gasteiger partial charge in [-0.25, -0.2) is 0 Å². The standard InChI is InChI=1S/C25H34N2O5.C2H6/c1-17-12-20(24(32-5)23(13-17)31-4)25(28)26-9-6-7-10-27-11-8-18-14-21(29-2)22(30-3)15-19(18)16-27;1-2/h12-15H,6-11,16H2,1-5H3,(H,26,28);1-2H3. The van der Waals surface area contributed by atoms with Gasteiger partial charge in [0.25, 0.3) is 5.91 Å². The van der Waals surface area contributed by atoms with Gasteiger partial charge in [0.2, 0.25) is 0 Å². The molecule has 1 heterocycles. The van der Waals surface area contributed by atoms with Gasteiger partial charge in [0, 0.05) is 19.6 Å². The fourth-order valence-corrected chi connectivity index (χ4v) is 4.16. The van der Waals surface area contributed by atoms with Crippen LogP contribution in [0.4, 0.5) is 0 Å². The van der Waals surface area contributed by atoms with Gasteiger partial charge in [-0.1, -0.05) is 13.8 Å². The van der Waals surface area contributed by atoms with Gasteiger partial charge in [0.05, 0.1) is 34.0 Å². The lowest BCUT2D eigenvalue weighted by Gasteiger charge is -2.29. The topological polar surface area (TPSA) is 69.3 Å². The summed E-state index contributed by atoms with van der Waals surface area (Å²) in [6.07, 6.45) is 2.92. The summed E-state index contributed by atoms with van der Waals surface area (Å²) in [5, 5.41) is 3.01. The molecular weight excluding hydrogens is 432 g/mol. The van der Waals surface area contributed by atoms with Gasteiger partial charge in [-0.15, -0.1) is 0 Å². The second-order valence-corrected chi connectivity index (χ2v) is 8.01. The van der Waals surface area contributed by atoms with E-state index in [4.69, 9.17) is 18.9 Å². The Kier molecular flexibility index (Phi) is 11.0. The zero-order valence-corrected chi connectivity index (χ0v) is 21.7. The van der Waals surface area contributed by atoms with Crippen LogP contribution in [-0.2, 0) is 13.0 Å². The van der Waals surface area contributed by atoms with Crippen LogP contribution in [0, 0.1) is 6.92 Å². The zero-order valence-electron chi connectivity index (χ0n) is 21.7. The molecule has 2 aromatic carbocycles. The van der Waals surface area contributed by atoms with E-state index in [1.54, 1.807) is 28.4 Å². The van der Waals surface area contributed by atoms with E-state index in [0.29, 0.717) is 23.6 Å². The number of amides is 1. The number of carbonyl (C=O) groups is 1. The molecule has 0 fully saturated rings. The third kappa shape index (κ3) is 6.79. The Balaban J connectivity index is 0.00000199. The molecule has 2 aromatic rings. The molecule has 0 spiro atoms. The van der Waals surface area contributed by atoms with E-state index in [1.165, 1.54) is 11.1 Å². The molecule has 34 heavy (non-hydrogen) atoms. The lowest BCUT2D eigenvalue weighted by Crippen LogP contribution is -2.32. The maximum absolute atomic E-state index is 12.7. The van der Waals surface area contributed by atoms with Crippen LogP contribution in [0.2, 0.25) is 0 Å². The van der Waals surface area contributed by atoms with E-state index >= 15 is 0 Å². The average molecular weight is 473 g/mol. The molecule has 0 radical (unpaired) electrons. The quantitative estimate of drug-likeness (QED) is 0.509. The number of benzene rings is 2. The second kappa shape index (κ2) is 13.7. The number of ether oxygens (including phenoxy) is 4. The van der Waals surface area contributed by atoms with Gasteiger partial charge in [-0.2, -0.15) is 0 Å². The minimum absolute atomic E-state index is 0.142. The van der Waals surface area contributed by atoms with E-state index < -0.39 is 0 Å². The minimum atomic E-state index is -0.142. The van der Waals surface area contributed by atoms with Crippen molar-refractivity contribution in [2.45, 2.75) is 46.6 Å². The van der Waals surface area contributed by atoms with E-state index in [2.05, 4.69) is 22.3 Å². The van der Waals surface area contributed by atoms with E-state index in [-0.39, 0.29) is 5.91 Å². The molecule has 1 amide bonds. The SMILES string of the molecule is CC.COc1cc2c(cc1OC)CN(CCCCNC(=O)c1cc(C)cc(OC)c1OC)CC2. The Labute approximate surface area is 204 Å². The molecule has 0 aliphatic carbocycles. The summed E-state index contributed by atoms with van der Waals surface area (Å²) in [5.41, 5.74) is 4.07. The van der Waals surface area contributed by atoms with E-state index in [0.717, 1.165) is 56.0 Å². The van der Waals surface area contributed by atoms with Crippen LogP contribution in [0.15, 0.2) is 24.3 Å². The molecule has 0 saturated carbocycles. The number of carbonyl (C=O) groups excluding carboxylic acids is 1. The van der Waals surface area contributed by atoms with Crippen molar-refractivity contribution in [1.82, 2.24) is 10.2 Å². The van der Waals surface area contributed by atoms with Crippen molar-refractivity contribution in [3.05, 3.63) is 46.5 Å². The van der Waals surface area contributed by atoms with Gasteiger partial charge in [0.1, 0.15) is 0 Å². The fraction of sp³-hybridized carbons (Fsp3) is 0.519. The van der Waals surface area contributed by atoms with Gasteiger partial charge in [0.15, 0.2) is 23.0 Å². The maximum Gasteiger partial charge on any atom is 0.255 e. The first-order chi connectivity index (χ1) is 16.5. The molecule has 3 rings (SSSR count). The molecule has 1 aliphatic heterocycles. The monoisotopic (exact) mass is 472 g/mol. The number of fused-ring (bicyclic) bond motifs is 1. The molecule has 0 unspecified atom stereocenters. The van der Waals surface area contributed by atoms with Gasteiger partial charge in [-0.05, 0) is 73.7 Å². The molecule has 0 bridgehead atoms. The Morgan fingerprint density at radius 2 is 1.53 bits per heavy atom. The van der Waals surface area contributed by atoms with E-state index in [1.807, 2.05) is 32.9 Å². The number of aryl methyl sites for hydroxylation is 1. The third-order valence-electron chi connectivity index (χ3n) is 5.85. The largest absolute Gasteiger partial charge is 0.493 e. The molecule has 1 aliphatic rings. The average Bonchev–Trinajstić information content (AvgIpc) is 2.87. The van der Waals surface area contributed by atoms with Crippen molar-refractivity contribution in [3.8, 4) is 23.0 Å².